The highest BCUT2D eigenvalue weighted by molar-refractivity contribution is 7.89. The Kier molecular flexibility index (Phi) is 5.02. The molecule has 0 aliphatic heterocycles. The number of benzene rings is 1. The summed E-state index contributed by atoms with van der Waals surface area (Å²) in [7, 11) is -1.55. The average Bonchev–Trinajstić information content (AvgIpc) is 3.01. The predicted octanol–water partition coefficient (Wildman–Crippen LogP) is 4.69. The van der Waals surface area contributed by atoms with Crippen molar-refractivity contribution in [2.75, 3.05) is 0 Å². The minimum Gasteiger partial charge on any atom is -0.389 e. The van der Waals surface area contributed by atoms with Crippen LogP contribution in [0.2, 0.25) is 0 Å². The number of carbonyl (C=O) groups excluding carboxylic acids is 1. The lowest BCUT2D eigenvalue weighted by Gasteiger charge is -2.62. The van der Waals surface area contributed by atoms with Gasteiger partial charge in [0.2, 0.25) is 0 Å². The molecule has 0 aromatic heterocycles. The first-order chi connectivity index (χ1) is 15.1. The Bertz CT molecular complexity index is 1030. The molecule has 4 nitrogen and oxygen atoms in total. The highest BCUT2D eigenvalue weighted by Crippen LogP contribution is 2.70. The molecule has 3 fully saturated rings. The number of rotatable bonds is 3. The van der Waals surface area contributed by atoms with Gasteiger partial charge >= 0.3 is 0 Å². The van der Waals surface area contributed by atoms with Crippen molar-refractivity contribution in [1.29, 1.82) is 0 Å². The summed E-state index contributed by atoms with van der Waals surface area (Å²) in [5, 5.41) is 24.3. The third-order valence-electron chi connectivity index (χ3n) is 9.94. The van der Waals surface area contributed by atoms with Gasteiger partial charge in [-0.1, -0.05) is 44.2 Å². The largest absolute Gasteiger partial charge is 0.389 e. The SMILES string of the molecule is C=C(S(=O)c1ccccc1)C1(O)CC[C@@]2(O)[C@@H]3CCC4=CC(=O)CC[C@]4(C)[C@@H]3CC[C@]12C. The molecule has 32 heavy (non-hydrogen) atoms. The molecule has 0 saturated heterocycles. The van der Waals surface area contributed by atoms with E-state index in [2.05, 4.69) is 13.5 Å². The first-order valence-corrected chi connectivity index (χ1v) is 13.1. The second-order valence-corrected chi connectivity index (χ2v) is 12.5. The van der Waals surface area contributed by atoms with Gasteiger partial charge in [0.25, 0.3) is 0 Å². The van der Waals surface area contributed by atoms with Crippen molar-refractivity contribution in [2.45, 2.75) is 81.3 Å². The third-order valence-corrected chi connectivity index (χ3v) is 11.4. The van der Waals surface area contributed by atoms with Crippen LogP contribution in [0.4, 0.5) is 0 Å². The molecule has 0 heterocycles. The molecule has 0 amide bonds. The molecule has 0 bridgehead atoms. The van der Waals surface area contributed by atoms with Gasteiger partial charge in [-0.3, -0.25) is 4.79 Å². The van der Waals surface area contributed by atoms with Crippen molar-refractivity contribution in [2.24, 2.45) is 22.7 Å². The molecule has 172 valence electrons. The van der Waals surface area contributed by atoms with Crippen molar-refractivity contribution < 1.29 is 19.2 Å². The van der Waals surface area contributed by atoms with Crippen LogP contribution in [0.3, 0.4) is 0 Å². The summed E-state index contributed by atoms with van der Waals surface area (Å²) in [4.78, 5) is 13.0. The van der Waals surface area contributed by atoms with E-state index in [1.54, 1.807) is 12.1 Å². The molecule has 5 heteroatoms. The Balaban J connectivity index is 1.50. The number of fused-ring (bicyclic) bond motifs is 5. The zero-order valence-corrected chi connectivity index (χ0v) is 19.9. The van der Waals surface area contributed by atoms with Crippen molar-refractivity contribution in [3.63, 3.8) is 0 Å². The quantitative estimate of drug-likeness (QED) is 0.695. The Morgan fingerprint density at radius 2 is 1.72 bits per heavy atom. The second-order valence-electron chi connectivity index (χ2n) is 11.0. The monoisotopic (exact) mass is 454 g/mol. The van der Waals surface area contributed by atoms with Crippen molar-refractivity contribution >= 4 is 16.6 Å². The molecule has 0 spiro atoms. The lowest BCUT2D eigenvalue weighted by molar-refractivity contribution is -0.208. The second kappa shape index (κ2) is 7.22. The molecule has 4 aliphatic carbocycles. The zero-order chi connectivity index (χ0) is 22.9. The Hall–Kier alpha value is -1.56. The van der Waals surface area contributed by atoms with E-state index < -0.39 is 27.4 Å². The highest BCUT2D eigenvalue weighted by atomic mass is 32.2. The lowest BCUT2D eigenvalue weighted by Crippen LogP contribution is -2.64. The molecule has 4 aliphatic rings. The van der Waals surface area contributed by atoms with Crippen LogP contribution < -0.4 is 0 Å². The fraction of sp³-hybridized carbons (Fsp3) is 0.593. The lowest BCUT2D eigenvalue weighted by atomic mass is 9.45. The summed E-state index contributed by atoms with van der Waals surface area (Å²) in [5.41, 5.74) is -2.02. The van der Waals surface area contributed by atoms with Crippen molar-refractivity contribution in [3.8, 4) is 0 Å². The molecule has 7 atom stereocenters. The van der Waals surface area contributed by atoms with E-state index in [1.807, 2.05) is 31.2 Å². The van der Waals surface area contributed by atoms with E-state index in [9.17, 15) is 19.2 Å². The molecule has 0 radical (unpaired) electrons. The Morgan fingerprint density at radius 1 is 1.00 bits per heavy atom. The molecule has 2 unspecified atom stereocenters. The number of hydrogen-bond acceptors (Lipinski definition) is 4. The minimum atomic E-state index is -1.55. The third kappa shape index (κ3) is 2.74. The van der Waals surface area contributed by atoms with Gasteiger partial charge in [-0.15, -0.1) is 0 Å². The maximum atomic E-state index is 13.3. The Labute approximate surface area is 193 Å². The number of carbonyl (C=O) groups is 1. The van der Waals surface area contributed by atoms with Gasteiger partial charge in [-0.25, -0.2) is 4.21 Å². The summed E-state index contributed by atoms with van der Waals surface area (Å²) in [6.45, 7) is 8.40. The first-order valence-electron chi connectivity index (χ1n) is 11.9. The van der Waals surface area contributed by atoms with E-state index in [0.29, 0.717) is 41.4 Å². The smallest absolute Gasteiger partial charge is 0.155 e. The average molecular weight is 455 g/mol. The van der Waals surface area contributed by atoms with Crippen LogP contribution in [0, 0.1) is 22.7 Å². The van der Waals surface area contributed by atoms with Crippen LogP contribution in [-0.2, 0) is 15.6 Å². The standard InChI is InChI=1S/C27H34O4S/c1-18(32(31)21-7-5-4-6-8-21)26(29)15-16-27(30)23-10-9-19-17-20(28)11-13-24(19,2)22(23)12-14-25(26,27)3/h4-8,17,22-23,29-30H,1,9-16H2,2-3H3/t22-,23-,24+,25-,26?,27-,32?/m1/s1. The summed E-state index contributed by atoms with van der Waals surface area (Å²) >= 11 is 0. The summed E-state index contributed by atoms with van der Waals surface area (Å²) < 4.78 is 13.3. The summed E-state index contributed by atoms with van der Waals surface area (Å²) in [5.74, 6) is 0.581. The van der Waals surface area contributed by atoms with Gasteiger partial charge in [0.15, 0.2) is 5.78 Å². The molecule has 1 aromatic carbocycles. The Morgan fingerprint density at radius 3 is 2.44 bits per heavy atom. The van der Waals surface area contributed by atoms with E-state index in [4.69, 9.17) is 0 Å². The van der Waals surface area contributed by atoms with Gasteiger partial charge in [-0.05, 0) is 80.4 Å². The number of aliphatic hydroxyl groups is 2. The predicted molar refractivity (Wildman–Crippen MR) is 125 cm³/mol. The normalized spacial score (nSPS) is 44.1. The molecule has 5 rings (SSSR count). The zero-order valence-electron chi connectivity index (χ0n) is 19.1. The van der Waals surface area contributed by atoms with E-state index in [-0.39, 0.29) is 17.1 Å². The van der Waals surface area contributed by atoms with Gasteiger partial charge in [0.05, 0.1) is 16.4 Å². The maximum absolute atomic E-state index is 13.3. The van der Waals surface area contributed by atoms with Gasteiger partial charge in [0.1, 0.15) is 5.60 Å². The minimum absolute atomic E-state index is 0.0571. The van der Waals surface area contributed by atoms with Crippen LogP contribution in [0.5, 0.6) is 0 Å². The molecular formula is C27H34O4S. The van der Waals surface area contributed by atoms with Crippen molar-refractivity contribution in [3.05, 3.63) is 53.5 Å². The van der Waals surface area contributed by atoms with E-state index in [1.165, 1.54) is 5.57 Å². The van der Waals surface area contributed by atoms with Gasteiger partial charge in [0, 0.05) is 21.6 Å². The molecular weight excluding hydrogens is 420 g/mol. The molecule has 1 aromatic rings. The summed E-state index contributed by atoms with van der Waals surface area (Å²) in [6, 6.07) is 9.15. The van der Waals surface area contributed by atoms with Crippen LogP contribution >= 0.6 is 0 Å². The van der Waals surface area contributed by atoms with Gasteiger partial charge in [-0.2, -0.15) is 0 Å². The summed E-state index contributed by atoms with van der Waals surface area (Å²) in [6.07, 6.45) is 7.36. The number of allylic oxidation sites excluding steroid dienone is 1. The highest BCUT2D eigenvalue weighted by Gasteiger charge is 2.72. The maximum Gasteiger partial charge on any atom is 0.155 e. The van der Waals surface area contributed by atoms with Crippen LogP contribution in [-0.4, -0.2) is 31.4 Å². The van der Waals surface area contributed by atoms with Crippen LogP contribution in [0.1, 0.15) is 65.2 Å². The van der Waals surface area contributed by atoms with Crippen LogP contribution in [0.25, 0.3) is 0 Å². The van der Waals surface area contributed by atoms with Gasteiger partial charge < -0.3 is 10.2 Å². The fourth-order valence-corrected chi connectivity index (χ4v) is 9.16. The van der Waals surface area contributed by atoms with Crippen molar-refractivity contribution in [1.82, 2.24) is 0 Å². The van der Waals surface area contributed by atoms with E-state index >= 15 is 0 Å². The first kappa shape index (κ1) is 22.2. The van der Waals surface area contributed by atoms with Crippen LogP contribution in [0.15, 0.2) is 58.4 Å². The molecule has 3 saturated carbocycles. The molecule has 2 N–H and O–H groups in total. The topological polar surface area (TPSA) is 74.6 Å². The number of hydrogen-bond donors (Lipinski definition) is 2. The number of ketones is 1. The fourth-order valence-electron chi connectivity index (χ4n) is 7.83. The van der Waals surface area contributed by atoms with E-state index in [0.717, 1.165) is 25.7 Å².